The van der Waals surface area contributed by atoms with Crippen LogP contribution in [0, 0.1) is 0 Å². The number of aromatic nitrogens is 1. The zero-order valence-electron chi connectivity index (χ0n) is 9.96. The van der Waals surface area contributed by atoms with E-state index >= 15 is 0 Å². The maximum absolute atomic E-state index is 12.1. The van der Waals surface area contributed by atoms with E-state index in [0.717, 1.165) is 5.69 Å². The van der Waals surface area contributed by atoms with Gasteiger partial charge in [0.1, 0.15) is 4.32 Å². The molecule has 0 saturated carbocycles. The summed E-state index contributed by atoms with van der Waals surface area (Å²) < 4.78 is 0.480. The highest BCUT2D eigenvalue weighted by Crippen LogP contribution is 2.32. The molecule has 2 N–H and O–H groups in total. The van der Waals surface area contributed by atoms with E-state index in [9.17, 15) is 9.59 Å². The molecule has 0 spiro atoms. The van der Waals surface area contributed by atoms with Crippen LogP contribution in [0.25, 0.3) is 6.08 Å². The van der Waals surface area contributed by atoms with Crippen LogP contribution in [0.15, 0.2) is 23.2 Å². The van der Waals surface area contributed by atoms with Crippen molar-refractivity contribution < 1.29 is 14.7 Å². The average molecular weight is 296 g/mol. The topological polar surface area (TPSA) is 73.4 Å². The van der Waals surface area contributed by atoms with Gasteiger partial charge in [0.2, 0.25) is 0 Å². The standard InChI is InChI=1S/C12H12N2O3S2/c15-10(16)4-2-6-14-11(17)9(19-12(14)18)7-8-3-1-5-13-8/h1,3,5,7,13H,2,4,6H2,(H,15,16). The summed E-state index contributed by atoms with van der Waals surface area (Å²) in [5.74, 6) is -1.03. The summed E-state index contributed by atoms with van der Waals surface area (Å²) in [6, 6.07) is 3.70. The van der Waals surface area contributed by atoms with Crippen LogP contribution in [-0.2, 0) is 9.59 Å². The van der Waals surface area contributed by atoms with Gasteiger partial charge in [0.25, 0.3) is 5.91 Å². The molecule has 1 aliphatic heterocycles. The first-order valence-electron chi connectivity index (χ1n) is 5.68. The fourth-order valence-corrected chi connectivity index (χ4v) is 2.96. The third kappa shape index (κ3) is 3.45. The van der Waals surface area contributed by atoms with Crippen molar-refractivity contribution in [2.75, 3.05) is 6.54 Å². The minimum Gasteiger partial charge on any atom is -0.481 e. The summed E-state index contributed by atoms with van der Waals surface area (Å²) in [7, 11) is 0. The number of hydrogen-bond donors (Lipinski definition) is 2. The monoisotopic (exact) mass is 296 g/mol. The third-order valence-corrected chi connectivity index (χ3v) is 3.93. The van der Waals surface area contributed by atoms with Crippen LogP contribution in [-0.4, -0.2) is 37.7 Å². The second-order valence-corrected chi connectivity index (χ2v) is 5.63. The number of nitrogens with zero attached hydrogens (tertiary/aromatic N) is 1. The fourth-order valence-electron chi connectivity index (χ4n) is 1.66. The maximum Gasteiger partial charge on any atom is 0.303 e. The van der Waals surface area contributed by atoms with E-state index in [4.69, 9.17) is 17.3 Å². The molecule has 1 aliphatic rings. The zero-order chi connectivity index (χ0) is 13.8. The van der Waals surface area contributed by atoms with Crippen molar-refractivity contribution in [3.05, 3.63) is 28.9 Å². The zero-order valence-corrected chi connectivity index (χ0v) is 11.6. The van der Waals surface area contributed by atoms with Crippen molar-refractivity contribution in [2.45, 2.75) is 12.8 Å². The summed E-state index contributed by atoms with van der Waals surface area (Å²) in [6.45, 7) is 0.346. The van der Waals surface area contributed by atoms with Gasteiger partial charge in [-0.05, 0) is 24.6 Å². The van der Waals surface area contributed by atoms with Gasteiger partial charge in [-0.3, -0.25) is 14.5 Å². The SMILES string of the molecule is O=C(O)CCCN1C(=O)C(=Cc2ccc[nH]2)SC1=S. The first-order valence-corrected chi connectivity index (χ1v) is 6.91. The lowest BCUT2D eigenvalue weighted by Crippen LogP contribution is -2.29. The number of amides is 1. The number of rotatable bonds is 5. The molecule has 5 nitrogen and oxygen atoms in total. The molecule has 100 valence electrons. The number of nitrogens with one attached hydrogen (secondary N) is 1. The molecule has 1 saturated heterocycles. The molecular formula is C12H12N2O3S2. The van der Waals surface area contributed by atoms with Gasteiger partial charge >= 0.3 is 5.97 Å². The Morgan fingerprint density at radius 2 is 2.37 bits per heavy atom. The minimum absolute atomic E-state index is 0.0345. The van der Waals surface area contributed by atoms with Gasteiger partial charge in [-0.2, -0.15) is 0 Å². The highest BCUT2D eigenvalue weighted by molar-refractivity contribution is 8.26. The Morgan fingerprint density at radius 1 is 1.58 bits per heavy atom. The molecule has 1 aromatic rings. The van der Waals surface area contributed by atoms with Crippen LogP contribution in [0.4, 0.5) is 0 Å². The molecule has 0 atom stereocenters. The Bertz CT molecular complexity index is 537. The quantitative estimate of drug-likeness (QED) is 0.643. The summed E-state index contributed by atoms with van der Waals surface area (Å²) in [5, 5.41) is 8.59. The van der Waals surface area contributed by atoms with Gasteiger partial charge < -0.3 is 10.1 Å². The smallest absolute Gasteiger partial charge is 0.303 e. The third-order valence-electron chi connectivity index (χ3n) is 2.55. The number of aromatic amines is 1. The Balaban J connectivity index is 2.02. The number of thiocarbonyl (C=S) groups is 1. The maximum atomic E-state index is 12.1. The largest absolute Gasteiger partial charge is 0.481 e. The Labute approximate surface area is 119 Å². The van der Waals surface area contributed by atoms with E-state index in [0.29, 0.717) is 22.2 Å². The van der Waals surface area contributed by atoms with Gasteiger partial charge in [-0.25, -0.2) is 0 Å². The van der Waals surface area contributed by atoms with Gasteiger partial charge in [0.15, 0.2) is 0 Å². The summed E-state index contributed by atoms with van der Waals surface area (Å²) >= 11 is 6.38. The van der Waals surface area contributed by atoms with Crippen molar-refractivity contribution in [3.63, 3.8) is 0 Å². The van der Waals surface area contributed by atoms with E-state index < -0.39 is 5.97 Å². The summed E-state index contributed by atoms with van der Waals surface area (Å²) in [4.78, 5) is 27.6. The molecule has 0 aliphatic carbocycles. The summed E-state index contributed by atoms with van der Waals surface area (Å²) in [6.07, 6.45) is 3.96. The van der Waals surface area contributed by atoms with Crippen LogP contribution in [0.1, 0.15) is 18.5 Å². The first kappa shape index (κ1) is 13.8. The number of carbonyl (C=O) groups is 2. The van der Waals surface area contributed by atoms with Gasteiger partial charge in [0, 0.05) is 24.9 Å². The lowest BCUT2D eigenvalue weighted by molar-refractivity contribution is -0.137. The Kier molecular flexibility index (Phi) is 4.39. The molecule has 0 bridgehead atoms. The molecule has 0 radical (unpaired) electrons. The van der Waals surface area contributed by atoms with E-state index in [1.54, 1.807) is 12.3 Å². The van der Waals surface area contributed by atoms with Crippen molar-refractivity contribution in [2.24, 2.45) is 0 Å². The number of carboxylic acid groups (broad SMARTS) is 1. The van der Waals surface area contributed by atoms with Crippen LogP contribution in [0.5, 0.6) is 0 Å². The minimum atomic E-state index is -0.868. The number of carbonyl (C=O) groups excluding carboxylic acids is 1. The lowest BCUT2D eigenvalue weighted by Gasteiger charge is -2.13. The fraction of sp³-hybridized carbons (Fsp3) is 0.250. The van der Waals surface area contributed by atoms with Crippen molar-refractivity contribution in [3.8, 4) is 0 Å². The number of aliphatic carboxylic acids is 1. The predicted molar refractivity (Wildman–Crippen MR) is 77.5 cm³/mol. The van der Waals surface area contributed by atoms with Crippen LogP contribution >= 0.6 is 24.0 Å². The van der Waals surface area contributed by atoms with E-state index in [-0.39, 0.29) is 12.3 Å². The number of hydrogen-bond acceptors (Lipinski definition) is 4. The number of H-pyrrole nitrogens is 1. The molecule has 1 amide bonds. The molecule has 2 heterocycles. The van der Waals surface area contributed by atoms with Gasteiger partial charge in [-0.15, -0.1) is 0 Å². The summed E-state index contributed by atoms with van der Waals surface area (Å²) in [5.41, 5.74) is 0.839. The van der Waals surface area contributed by atoms with Gasteiger partial charge in [-0.1, -0.05) is 24.0 Å². The molecule has 1 aromatic heterocycles. The molecule has 1 fully saturated rings. The number of thioether (sulfide) groups is 1. The lowest BCUT2D eigenvalue weighted by atomic mass is 10.3. The van der Waals surface area contributed by atoms with Crippen LogP contribution in [0.3, 0.4) is 0 Å². The van der Waals surface area contributed by atoms with E-state index in [2.05, 4.69) is 4.98 Å². The Morgan fingerprint density at radius 3 is 3.00 bits per heavy atom. The molecule has 19 heavy (non-hydrogen) atoms. The molecule has 0 aromatic carbocycles. The van der Waals surface area contributed by atoms with Crippen molar-refractivity contribution >= 4 is 46.3 Å². The highest BCUT2D eigenvalue weighted by Gasteiger charge is 2.31. The number of carboxylic acids is 1. The molecule has 7 heteroatoms. The van der Waals surface area contributed by atoms with Crippen molar-refractivity contribution in [1.29, 1.82) is 0 Å². The van der Waals surface area contributed by atoms with Crippen LogP contribution in [0.2, 0.25) is 0 Å². The molecule has 2 rings (SSSR count). The van der Waals surface area contributed by atoms with Gasteiger partial charge in [0.05, 0.1) is 4.91 Å². The predicted octanol–water partition coefficient (Wildman–Crippen LogP) is 2.08. The second-order valence-electron chi connectivity index (χ2n) is 3.96. The van der Waals surface area contributed by atoms with E-state index in [1.165, 1.54) is 16.7 Å². The van der Waals surface area contributed by atoms with E-state index in [1.807, 2.05) is 12.1 Å². The first-order chi connectivity index (χ1) is 9.08. The molecular weight excluding hydrogens is 284 g/mol. The van der Waals surface area contributed by atoms with Crippen molar-refractivity contribution in [1.82, 2.24) is 9.88 Å². The normalized spacial score (nSPS) is 17.5. The molecule has 0 unspecified atom stereocenters. The highest BCUT2D eigenvalue weighted by atomic mass is 32.2. The second kappa shape index (κ2) is 6.03. The Hall–Kier alpha value is -1.60. The van der Waals surface area contributed by atoms with Crippen LogP contribution < -0.4 is 0 Å². The average Bonchev–Trinajstić information content (AvgIpc) is 2.93.